The molecule has 0 N–H and O–H groups in total. The summed E-state index contributed by atoms with van der Waals surface area (Å²) in [5.41, 5.74) is -0.187. The number of halogens is 2. The van der Waals surface area contributed by atoms with Crippen LogP contribution in [-0.4, -0.2) is 21.5 Å². The number of methoxy groups -OCH3 is 1. The van der Waals surface area contributed by atoms with Crippen LogP contribution in [0.15, 0.2) is 15.6 Å². The summed E-state index contributed by atoms with van der Waals surface area (Å²) >= 11 is 5.43. The largest absolute Gasteiger partial charge is 0.465 e. The van der Waals surface area contributed by atoms with Gasteiger partial charge in [0.2, 0.25) is 10.3 Å². The van der Waals surface area contributed by atoms with E-state index in [1.807, 2.05) is 0 Å². The molecule has 8 heteroatoms. The molecule has 5 nitrogen and oxygen atoms in total. The Morgan fingerprint density at radius 1 is 1.57 bits per heavy atom. The maximum Gasteiger partial charge on any atom is 0.342 e. The number of esters is 1. The van der Waals surface area contributed by atoms with Crippen molar-refractivity contribution in [2.75, 3.05) is 7.11 Å². The van der Waals surface area contributed by atoms with Crippen molar-refractivity contribution in [1.82, 2.24) is 0 Å². The van der Waals surface area contributed by atoms with Gasteiger partial charge in [-0.3, -0.25) is 0 Å². The van der Waals surface area contributed by atoms with Crippen LogP contribution >= 0.6 is 22.3 Å². The van der Waals surface area contributed by atoms with E-state index in [9.17, 15) is 13.2 Å². The van der Waals surface area contributed by atoms with Crippen molar-refractivity contribution in [3.8, 4) is 0 Å². The molecule has 0 saturated carbocycles. The molecular weight excluding hydrogens is 255 g/mol. The van der Waals surface area contributed by atoms with E-state index in [1.165, 1.54) is 0 Å². The topological polar surface area (TPSA) is 73.6 Å². The first-order chi connectivity index (χ1) is 6.36. The van der Waals surface area contributed by atoms with Gasteiger partial charge in [0.15, 0.2) is 0 Å². The smallest absolute Gasteiger partial charge is 0.342 e. The van der Waals surface area contributed by atoms with Gasteiger partial charge in [-0.05, 0) is 11.6 Å². The molecular formula is C6H4Cl2O5S. The van der Waals surface area contributed by atoms with E-state index in [0.717, 1.165) is 13.2 Å². The minimum absolute atomic E-state index is 0.187. The van der Waals surface area contributed by atoms with Crippen molar-refractivity contribution >= 4 is 37.3 Å². The average molecular weight is 259 g/mol. The van der Waals surface area contributed by atoms with Crippen LogP contribution in [0.3, 0.4) is 0 Å². The fourth-order valence-corrected chi connectivity index (χ4v) is 1.65. The molecule has 1 rings (SSSR count). The van der Waals surface area contributed by atoms with Crippen LogP contribution in [0.1, 0.15) is 10.4 Å². The second-order valence-corrected chi connectivity index (χ2v) is 5.02. The van der Waals surface area contributed by atoms with E-state index >= 15 is 0 Å². The Morgan fingerprint density at radius 2 is 2.14 bits per heavy atom. The summed E-state index contributed by atoms with van der Waals surface area (Å²) in [6.07, 6.45) is 0. The molecule has 0 amide bonds. The van der Waals surface area contributed by atoms with Gasteiger partial charge >= 0.3 is 5.97 Å². The Hall–Kier alpha value is -0.720. The third-order valence-electron chi connectivity index (χ3n) is 1.31. The second kappa shape index (κ2) is 3.80. The predicted molar refractivity (Wildman–Crippen MR) is 48.1 cm³/mol. The molecule has 0 aromatic carbocycles. The lowest BCUT2D eigenvalue weighted by Gasteiger charge is -1.91. The highest BCUT2D eigenvalue weighted by molar-refractivity contribution is 8.13. The van der Waals surface area contributed by atoms with Crippen LogP contribution in [0.4, 0.5) is 0 Å². The molecule has 0 bridgehead atoms. The first-order valence-corrected chi connectivity index (χ1v) is 5.87. The number of rotatable bonds is 2. The average Bonchev–Trinajstić information content (AvgIpc) is 2.45. The van der Waals surface area contributed by atoms with Gasteiger partial charge in [0, 0.05) is 16.7 Å². The van der Waals surface area contributed by atoms with Crippen LogP contribution in [0.5, 0.6) is 0 Å². The standard InChI is InChI=1S/C6H4Cl2O5S/c1-12-6(9)3-2-4(13-5(3)7)14(8,10)11/h2H,1H3. The molecule has 0 spiro atoms. The minimum atomic E-state index is -4.03. The molecule has 1 aromatic rings. The van der Waals surface area contributed by atoms with Crippen molar-refractivity contribution < 1.29 is 22.4 Å². The summed E-state index contributed by atoms with van der Waals surface area (Å²) in [5, 5.41) is -0.972. The van der Waals surface area contributed by atoms with Crippen LogP contribution in [0, 0.1) is 0 Å². The lowest BCUT2D eigenvalue weighted by Crippen LogP contribution is -1.99. The lowest BCUT2D eigenvalue weighted by molar-refractivity contribution is 0.0600. The highest BCUT2D eigenvalue weighted by Gasteiger charge is 2.23. The van der Waals surface area contributed by atoms with Crippen molar-refractivity contribution in [1.29, 1.82) is 0 Å². The molecule has 1 aromatic heterocycles. The number of carbonyl (C=O) groups excluding carboxylic acids is 1. The quantitative estimate of drug-likeness (QED) is 0.596. The molecule has 1 heterocycles. The fourth-order valence-electron chi connectivity index (χ4n) is 0.717. The Labute approximate surface area is 89.0 Å². The van der Waals surface area contributed by atoms with Crippen LogP contribution in [0.25, 0.3) is 0 Å². The van der Waals surface area contributed by atoms with Gasteiger partial charge < -0.3 is 9.15 Å². The van der Waals surface area contributed by atoms with Crippen molar-refractivity contribution in [2.45, 2.75) is 5.09 Å². The number of furan rings is 1. The molecule has 0 atom stereocenters. The molecule has 14 heavy (non-hydrogen) atoms. The van der Waals surface area contributed by atoms with E-state index in [1.54, 1.807) is 0 Å². The van der Waals surface area contributed by atoms with E-state index in [-0.39, 0.29) is 10.8 Å². The maximum absolute atomic E-state index is 11.0. The maximum atomic E-state index is 11.0. The Balaban J connectivity index is 3.25. The summed E-state index contributed by atoms with van der Waals surface area (Å²) < 4.78 is 30.4. The molecule has 0 saturated heterocycles. The van der Waals surface area contributed by atoms with Gasteiger partial charge in [0.1, 0.15) is 5.56 Å². The number of hydrogen-bond acceptors (Lipinski definition) is 5. The van der Waals surface area contributed by atoms with Gasteiger partial charge in [-0.2, -0.15) is 0 Å². The predicted octanol–water partition coefficient (Wildman–Crippen LogP) is 1.65. The summed E-state index contributed by atoms with van der Waals surface area (Å²) in [6, 6.07) is 0.899. The van der Waals surface area contributed by atoms with Crippen LogP contribution in [0.2, 0.25) is 5.22 Å². The molecule has 0 unspecified atom stereocenters. The van der Waals surface area contributed by atoms with Crippen molar-refractivity contribution in [2.24, 2.45) is 0 Å². The molecule has 78 valence electrons. The zero-order chi connectivity index (χ0) is 10.9. The Bertz CT molecular complexity index is 461. The summed E-state index contributed by atoms with van der Waals surface area (Å²) in [4.78, 5) is 11.0. The van der Waals surface area contributed by atoms with Gasteiger partial charge in [-0.25, -0.2) is 13.2 Å². The van der Waals surface area contributed by atoms with Gasteiger partial charge in [-0.1, -0.05) is 0 Å². The summed E-state index contributed by atoms with van der Waals surface area (Å²) in [5.74, 6) is -0.801. The Morgan fingerprint density at radius 3 is 2.50 bits per heavy atom. The van der Waals surface area contributed by atoms with E-state index in [2.05, 4.69) is 9.15 Å². The number of carbonyl (C=O) groups is 1. The van der Waals surface area contributed by atoms with Gasteiger partial charge in [0.25, 0.3) is 9.05 Å². The summed E-state index contributed by atoms with van der Waals surface area (Å²) in [7, 11) is 2.05. The highest BCUT2D eigenvalue weighted by Crippen LogP contribution is 2.26. The van der Waals surface area contributed by atoms with Gasteiger partial charge in [-0.15, -0.1) is 0 Å². The zero-order valence-corrected chi connectivity index (χ0v) is 9.11. The molecule has 0 radical (unpaired) electrons. The third kappa shape index (κ3) is 2.20. The number of ether oxygens (including phenoxy) is 1. The zero-order valence-electron chi connectivity index (χ0n) is 6.78. The first-order valence-electron chi connectivity index (χ1n) is 3.18. The lowest BCUT2D eigenvalue weighted by atomic mass is 10.3. The third-order valence-corrected chi connectivity index (χ3v) is 2.73. The van der Waals surface area contributed by atoms with Gasteiger partial charge in [0.05, 0.1) is 7.11 Å². The van der Waals surface area contributed by atoms with Crippen molar-refractivity contribution in [3.05, 3.63) is 16.8 Å². The normalized spacial score (nSPS) is 11.4. The first kappa shape index (κ1) is 11.4. The van der Waals surface area contributed by atoms with E-state index in [0.29, 0.717) is 0 Å². The summed E-state index contributed by atoms with van der Waals surface area (Å²) in [6.45, 7) is 0. The fraction of sp³-hybridized carbons (Fsp3) is 0.167. The number of hydrogen-bond donors (Lipinski definition) is 0. The van der Waals surface area contributed by atoms with Crippen molar-refractivity contribution in [3.63, 3.8) is 0 Å². The highest BCUT2D eigenvalue weighted by atomic mass is 35.7. The molecule has 0 aliphatic carbocycles. The van der Waals surface area contributed by atoms with E-state index < -0.39 is 20.1 Å². The second-order valence-electron chi connectivity index (χ2n) is 2.18. The van der Waals surface area contributed by atoms with Crippen LogP contribution < -0.4 is 0 Å². The monoisotopic (exact) mass is 258 g/mol. The molecule has 0 aliphatic rings. The van der Waals surface area contributed by atoms with E-state index in [4.69, 9.17) is 22.3 Å². The SMILES string of the molecule is COC(=O)c1cc(S(=O)(=O)Cl)oc1Cl. The Kier molecular flexibility index (Phi) is 3.08. The minimum Gasteiger partial charge on any atom is -0.465 e. The van der Waals surface area contributed by atoms with Crippen LogP contribution in [-0.2, 0) is 13.8 Å². The molecule has 0 fully saturated rings. The molecule has 0 aliphatic heterocycles.